The monoisotopic (exact) mass is 489 g/mol. The number of aromatic nitrogens is 3. The van der Waals surface area contributed by atoms with Crippen molar-refractivity contribution in [2.75, 3.05) is 17.7 Å². The number of hydrogen-bond donors (Lipinski definition) is 2. The van der Waals surface area contributed by atoms with Gasteiger partial charge in [-0.1, -0.05) is 34.1 Å². The Bertz CT molecular complexity index is 1230. The van der Waals surface area contributed by atoms with Crippen molar-refractivity contribution in [3.05, 3.63) is 89.2 Å². The zero-order chi connectivity index (χ0) is 22.3. The van der Waals surface area contributed by atoms with E-state index < -0.39 is 0 Å². The molecule has 32 heavy (non-hydrogen) atoms. The van der Waals surface area contributed by atoms with Crippen LogP contribution in [0.1, 0.15) is 5.56 Å². The van der Waals surface area contributed by atoms with Gasteiger partial charge in [-0.25, -0.2) is 15.0 Å². The van der Waals surface area contributed by atoms with E-state index in [2.05, 4.69) is 41.5 Å². The predicted molar refractivity (Wildman–Crippen MR) is 128 cm³/mol. The second-order valence-electron chi connectivity index (χ2n) is 6.85. The van der Waals surface area contributed by atoms with Crippen molar-refractivity contribution in [3.63, 3.8) is 0 Å². The fourth-order valence-corrected chi connectivity index (χ4v) is 3.44. The van der Waals surface area contributed by atoms with Gasteiger partial charge in [0.15, 0.2) is 0 Å². The Labute approximate surface area is 194 Å². The number of carbonyl (C=O) groups is 1. The van der Waals surface area contributed by atoms with Crippen LogP contribution in [-0.2, 0) is 11.2 Å². The summed E-state index contributed by atoms with van der Waals surface area (Å²) in [4.78, 5) is 25.3. The van der Waals surface area contributed by atoms with Crippen LogP contribution in [-0.4, -0.2) is 27.9 Å². The molecule has 1 amide bonds. The Balaban J connectivity index is 1.45. The molecule has 2 aromatic heterocycles. The van der Waals surface area contributed by atoms with Crippen LogP contribution in [0, 0.1) is 0 Å². The van der Waals surface area contributed by atoms with E-state index in [1.165, 1.54) is 0 Å². The third-order valence-corrected chi connectivity index (χ3v) is 5.03. The van der Waals surface area contributed by atoms with Gasteiger partial charge in [0.25, 0.3) is 0 Å². The minimum Gasteiger partial charge on any atom is -0.438 e. The number of pyridine rings is 1. The largest absolute Gasteiger partial charge is 0.438 e. The molecule has 0 bridgehead atoms. The maximum atomic E-state index is 12.3. The number of halogens is 1. The Kier molecular flexibility index (Phi) is 6.72. The van der Waals surface area contributed by atoms with Crippen LogP contribution in [0.5, 0.6) is 11.6 Å². The highest BCUT2D eigenvalue weighted by Crippen LogP contribution is 2.30. The van der Waals surface area contributed by atoms with Gasteiger partial charge in [-0.15, -0.1) is 0 Å². The van der Waals surface area contributed by atoms with Crippen LogP contribution in [0.15, 0.2) is 83.6 Å². The number of ether oxygens (including phenoxy) is 1. The van der Waals surface area contributed by atoms with Crippen molar-refractivity contribution >= 4 is 33.5 Å². The summed E-state index contributed by atoms with van der Waals surface area (Å²) in [5.74, 6) is 1.48. The van der Waals surface area contributed by atoms with Crippen LogP contribution in [0.3, 0.4) is 0 Å². The summed E-state index contributed by atoms with van der Waals surface area (Å²) in [6.45, 7) is 0. The molecule has 160 valence electrons. The van der Waals surface area contributed by atoms with Crippen LogP contribution >= 0.6 is 15.9 Å². The van der Waals surface area contributed by atoms with Crippen LogP contribution in [0.25, 0.3) is 11.3 Å². The zero-order valence-corrected chi connectivity index (χ0v) is 18.8. The predicted octanol–water partition coefficient (Wildman–Crippen LogP) is 5.32. The average Bonchev–Trinajstić information content (AvgIpc) is 2.81. The average molecular weight is 490 g/mol. The van der Waals surface area contributed by atoms with Crippen LogP contribution in [0.4, 0.5) is 11.6 Å². The Morgan fingerprint density at radius 3 is 2.62 bits per heavy atom. The first-order chi connectivity index (χ1) is 15.6. The van der Waals surface area contributed by atoms with Crippen molar-refractivity contribution in [2.45, 2.75) is 6.42 Å². The van der Waals surface area contributed by atoms with Gasteiger partial charge >= 0.3 is 0 Å². The van der Waals surface area contributed by atoms with E-state index in [4.69, 9.17) is 4.74 Å². The van der Waals surface area contributed by atoms with Crippen LogP contribution in [0.2, 0.25) is 0 Å². The molecule has 0 spiro atoms. The van der Waals surface area contributed by atoms with Crippen molar-refractivity contribution in [1.82, 2.24) is 15.0 Å². The van der Waals surface area contributed by atoms with E-state index >= 15 is 0 Å². The minimum absolute atomic E-state index is 0.0899. The Morgan fingerprint density at radius 1 is 1.00 bits per heavy atom. The van der Waals surface area contributed by atoms with E-state index in [0.717, 1.165) is 21.3 Å². The quantitative estimate of drug-likeness (QED) is 0.365. The molecule has 0 fully saturated rings. The molecular formula is C24H20BrN5O2. The summed E-state index contributed by atoms with van der Waals surface area (Å²) < 4.78 is 6.92. The van der Waals surface area contributed by atoms with E-state index in [0.29, 0.717) is 23.3 Å². The van der Waals surface area contributed by atoms with Crippen molar-refractivity contribution in [1.29, 1.82) is 0 Å². The lowest BCUT2D eigenvalue weighted by Gasteiger charge is -2.11. The Hall–Kier alpha value is -3.78. The number of hydrogen-bond acceptors (Lipinski definition) is 6. The fraction of sp³-hybridized carbons (Fsp3) is 0.0833. The number of rotatable bonds is 7. The second-order valence-corrected chi connectivity index (χ2v) is 7.77. The summed E-state index contributed by atoms with van der Waals surface area (Å²) >= 11 is 3.40. The zero-order valence-electron chi connectivity index (χ0n) is 17.2. The van der Waals surface area contributed by atoms with Crippen LogP contribution < -0.4 is 15.4 Å². The lowest BCUT2D eigenvalue weighted by molar-refractivity contribution is -0.115. The first-order valence-corrected chi connectivity index (χ1v) is 10.7. The number of anilines is 2. The lowest BCUT2D eigenvalue weighted by Crippen LogP contribution is -2.14. The molecule has 0 aliphatic carbocycles. The summed E-state index contributed by atoms with van der Waals surface area (Å²) in [5.41, 5.74) is 3.08. The van der Waals surface area contributed by atoms with Crippen molar-refractivity contribution < 1.29 is 9.53 Å². The molecule has 0 saturated heterocycles. The second kappa shape index (κ2) is 10.0. The third kappa shape index (κ3) is 5.47. The maximum Gasteiger partial charge on any atom is 0.228 e. The number of nitrogens with zero attached hydrogens (tertiary/aromatic N) is 3. The van der Waals surface area contributed by atoms with Crippen molar-refractivity contribution in [3.8, 4) is 22.9 Å². The molecule has 0 radical (unpaired) electrons. The summed E-state index contributed by atoms with van der Waals surface area (Å²) in [5, 5.41) is 5.82. The molecule has 0 saturated carbocycles. The molecule has 0 aliphatic rings. The van der Waals surface area contributed by atoms with Gasteiger partial charge in [0.1, 0.15) is 5.75 Å². The molecule has 4 rings (SSSR count). The number of amides is 1. The summed E-state index contributed by atoms with van der Waals surface area (Å²) in [6.07, 6.45) is 3.61. The number of nitrogens with one attached hydrogen (secondary N) is 2. The first-order valence-electron chi connectivity index (χ1n) is 9.89. The first kappa shape index (κ1) is 21.5. The molecule has 2 aromatic carbocycles. The standard InChI is InChI=1S/C24H20BrN5O2/c1-26-24-28-13-11-21(30-24)20-6-3-12-27-23(20)32-19-9-7-16(8-10-19)14-22(31)29-18-5-2-4-17(25)15-18/h2-13,15H,14H2,1H3,(H,29,31)(H,26,28,30). The highest BCUT2D eigenvalue weighted by atomic mass is 79.9. The maximum absolute atomic E-state index is 12.3. The SMILES string of the molecule is CNc1nccc(-c2cccnc2Oc2ccc(CC(=O)Nc3cccc(Br)c3)cc2)n1. The summed E-state index contributed by atoms with van der Waals surface area (Å²) in [7, 11) is 1.76. The van der Waals surface area contributed by atoms with Gasteiger partial charge in [0.05, 0.1) is 17.7 Å². The van der Waals surface area contributed by atoms with Gasteiger partial charge in [0, 0.05) is 29.6 Å². The fourth-order valence-electron chi connectivity index (χ4n) is 3.04. The van der Waals surface area contributed by atoms with Gasteiger partial charge in [0.2, 0.25) is 17.7 Å². The smallest absolute Gasteiger partial charge is 0.228 e. The van der Waals surface area contributed by atoms with Gasteiger partial charge in [-0.05, 0) is 54.1 Å². The normalized spacial score (nSPS) is 10.4. The number of carbonyl (C=O) groups excluding carboxylic acids is 1. The van der Waals surface area contributed by atoms with E-state index in [9.17, 15) is 4.79 Å². The van der Waals surface area contributed by atoms with E-state index in [1.807, 2.05) is 60.7 Å². The minimum atomic E-state index is -0.0899. The van der Waals surface area contributed by atoms with Gasteiger partial charge in [-0.3, -0.25) is 4.79 Å². The summed E-state index contributed by atoms with van der Waals surface area (Å²) in [6, 6.07) is 20.4. The number of benzene rings is 2. The van der Waals surface area contributed by atoms with E-state index in [1.54, 1.807) is 25.5 Å². The molecule has 2 N–H and O–H groups in total. The van der Waals surface area contributed by atoms with Gasteiger partial charge in [-0.2, -0.15) is 0 Å². The van der Waals surface area contributed by atoms with Gasteiger partial charge < -0.3 is 15.4 Å². The third-order valence-electron chi connectivity index (χ3n) is 4.54. The van der Waals surface area contributed by atoms with E-state index in [-0.39, 0.29) is 12.3 Å². The lowest BCUT2D eigenvalue weighted by atomic mass is 10.1. The molecule has 7 nitrogen and oxygen atoms in total. The molecule has 4 aromatic rings. The molecule has 0 atom stereocenters. The highest BCUT2D eigenvalue weighted by molar-refractivity contribution is 9.10. The molecule has 8 heteroatoms. The molecular weight excluding hydrogens is 470 g/mol. The molecule has 0 unspecified atom stereocenters. The Morgan fingerprint density at radius 2 is 1.84 bits per heavy atom. The van der Waals surface area contributed by atoms with Crippen molar-refractivity contribution in [2.24, 2.45) is 0 Å². The topological polar surface area (TPSA) is 89.0 Å². The highest BCUT2D eigenvalue weighted by Gasteiger charge is 2.11. The molecule has 0 aliphatic heterocycles. The molecule has 2 heterocycles.